The quantitative estimate of drug-likeness (QED) is 0.372. The van der Waals surface area contributed by atoms with Crippen LogP contribution in [-0.4, -0.2) is 71.6 Å². The van der Waals surface area contributed by atoms with Gasteiger partial charge in [0.15, 0.2) is 5.76 Å². The number of morpholine rings is 1. The Kier molecular flexibility index (Phi) is 8.29. The Morgan fingerprint density at radius 3 is 2.92 bits per heavy atom. The number of carbonyl (C=O) groups is 1. The minimum atomic E-state index is -0.380. The molecule has 0 aliphatic carbocycles. The smallest absolute Gasteiger partial charge is 0.294 e. The van der Waals surface area contributed by atoms with Gasteiger partial charge in [0.2, 0.25) is 0 Å². The minimum absolute atomic E-state index is 0.199. The molecule has 1 aromatic heterocycles. The van der Waals surface area contributed by atoms with Crippen LogP contribution in [-0.2, 0) is 14.2 Å². The Morgan fingerprint density at radius 2 is 2.21 bits per heavy atom. The highest BCUT2D eigenvalue weighted by molar-refractivity contribution is 6.02. The Balaban J connectivity index is 1.78. The molecule has 0 aromatic carbocycles. The summed E-state index contributed by atoms with van der Waals surface area (Å²) in [4.78, 5) is 17.9. The van der Waals surface area contributed by atoms with Crippen LogP contribution in [0.25, 0.3) is 0 Å². The van der Waals surface area contributed by atoms with Gasteiger partial charge in [0.25, 0.3) is 11.9 Å². The maximum Gasteiger partial charge on any atom is 0.294 e. The summed E-state index contributed by atoms with van der Waals surface area (Å²) in [5, 5.41) is 2.63. The molecular weight excluding hydrogens is 314 g/mol. The van der Waals surface area contributed by atoms with Crippen LogP contribution in [0, 0.1) is 0 Å². The Hall–Kier alpha value is -1.90. The van der Waals surface area contributed by atoms with Gasteiger partial charge in [0, 0.05) is 20.1 Å². The summed E-state index contributed by atoms with van der Waals surface area (Å²) in [7, 11) is 1.59. The van der Waals surface area contributed by atoms with E-state index in [4.69, 9.17) is 18.6 Å². The summed E-state index contributed by atoms with van der Waals surface area (Å²) in [6.45, 7) is 6.09. The van der Waals surface area contributed by atoms with E-state index in [9.17, 15) is 4.79 Å². The predicted molar refractivity (Wildman–Crippen MR) is 87.3 cm³/mol. The molecule has 0 spiro atoms. The van der Waals surface area contributed by atoms with Gasteiger partial charge in [0.1, 0.15) is 19.7 Å². The molecule has 2 heterocycles. The number of amidine groups is 1. The van der Waals surface area contributed by atoms with Crippen molar-refractivity contribution in [3.05, 3.63) is 24.2 Å². The van der Waals surface area contributed by atoms with Gasteiger partial charge < -0.3 is 23.5 Å². The van der Waals surface area contributed by atoms with Crippen molar-refractivity contribution in [2.75, 3.05) is 59.7 Å². The number of methoxy groups -OCH3 is 1. The average molecular weight is 340 g/mol. The summed E-state index contributed by atoms with van der Waals surface area (Å²) in [5.74, 6) is -0.161. The van der Waals surface area contributed by atoms with Crippen LogP contribution < -0.4 is 10.2 Å². The Labute approximate surface area is 141 Å². The number of carbonyl (C=O) groups excluding carboxylic acids is 1. The molecule has 1 fully saturated rings. The largest absolute Gasteiger partial charge is 0.463 e. The van der Waals surface area contributed by atoms with Gasteiger partial charge in [-0.15, -0.1) is 0 Å². The third kappa shape index (κ3) is 6.69. The van der Waals surface area contributed by atoms with E-state index in [0.717, 1.165) is 39.3 Å². The summed E-state index contributed by atoms with van der Waals surface area (Å²) in [5.41, 5.74) is 0. The molecule has 1 saturated heterocycles. The van der Waals surface area contributed by atoms with E-state index in [1.165, 1.54) is 11.2 Å². The molecule has 8 nitrogen and oxygen atoms in total. The van der Waals surface area contributed by atoms with Crippen molar-refractivity contribution in [3.8, 4) is 0 Å². The van der Waals surface area contributed by atoms with E-state index in [1.54, 1.807) is 19.2 Å². The number of hydrogen-bond donors (Lipinski definition) is 2. The number of quaternary nitrogens is 1. The van der Waals surface area contributed by atoms with Crippen LogP contribution in [0.5, 0.6) is 0 Å². The van der Waals surface area contributed by atoms with E-state index >= 15 is 0 Å². The summed E-state index contributed by atoms with van der Waals surface area (Å²) in [6, 6.07) is 3.44. The molecule has 1 amide bonds. The van der Waals surface area contributed by atoms with Crippen molar-refractivity contribution in [3.63, 3.8) is 0 Å². The first-order valence-corrected chi connectivity index (χ1v) is 8.22. The van der Waals surface area contributed by atoms with Crippen LogP contribution in [0.2, 0.25) is 0 Å². The summed E-state index contributed by atoms with van der Waals surface area (Å²) >= 11 is 0. The molecule has 1 aliphatic heterocycles. The zero-order valence-electron chi connectivity index (χ0n) is 14.1. The fourth-order valence-electron chi connectivity index (χ4n) is 2.33. The number of nitrogens with one attached hydrogen (secondary N) is 2. The first-order chi connectivity index (χ1) is 11.8. The Bertz CT molecular complexity index is 498. The van der Waals surface area contributed by atoms with Crippen molar-refractivity contribution in [1.29, 1.82) is 0 Å². The van der Waals surface area contributed by atoms with Gasteiger partial charge in [0.05, 0.1) is 32.6 Å². The van der Waals surface area contributed by atoms with Crippen molar-refractivity contribution >= 4 is 11.9 Å². The van der Waals surface area contributed by atoms with E-state index in [-0.39, 0.29) is 17.7 Å². The molecule has 134 valence electrons. The number of amides is 1. The van der Waals surface area contributed by atoms with Gasteiger partial charge in [-0.2, -0.15) is 0 Å². The highest BCUT2D eigenvalue weighted by atomic mass is 16.5. The van der Waals surface area contributed by atoms with Crippen LogP contribution in [0.4, 0.5) is 0 Å². The summed E-state index contributed by atoms with van der Waals surface area (Å²) < 4.78 is 20.8. The third-order valence-electron chi connectivity index (χ3n) is 3.64. The lowest BCUT2D eigenvalue weighted by Gasteiger charge is -2.23. The zero-order valence-corrected chi connectivity index (χ0v) is 14.1. The van der Waals surface area contributed by atoms with Crippen molar-refractivity contribution in [2.24, 2.45) is 4.99 Å². The average Bonchev–Trinajstić information content (AvgIpc) is 3.14. The van der Waals surface area contributed by atoms with E-state index in [1.807, 2.05) is 0 Å². The minimum Gasteiger partial charge on any atom is -0.463 e. The molecule has 1 aliphatic rings. The maximum absolute atomic E-state index is 12.0. The van der Waals surface area contributed by atoms with Gasteiger partial charge in [-0.3, -0.25) is 10.1 Å². The van der Waals surface area contributed by atoms with Gasteiger partial charge in [-0.25, -0.2) is 4.99 Å². The lowest BCUT2D eigenvalue weighted by Crippen LogP contribution is -3.14. The molecule has 0 bridgehead atoms. The molecular formula is C16H26N3O5+. The number of rotatable bonds is 8. The van der Waals surface area contributed by atoms with Crippen LogP contribution >= 0.6 is 0 Å². The van der Waals surface area contributed by atoms with E-state index in [0.29, 0.717) is 19.8 Å². The topological polar surface area (TPSA) is 86.7 Å². The SMILES string of the molecule is COCCOC(=NCCC[NH+]1CCOCC1)NC(=O)c1ccco1. The second-order valence-electron chi connectivity index (χ2n) is 5.43. The molecule has 0 unspecified atom stereocenters. The van der Waals surface area contributed by atoms with E-state index in [2.05, 4.69) is 10.3 Å². The highest BCUT2D eigenvalue weighted by Gasteiger charge is 2.14. The Morgan fingerprint density at radius 1 is 1.38 bits per heavy atom. The molecule has 24 heavy (non-hydrogen) atoms. The second-order valence-corrected chi connectivity index (χ2v) is 5.43. The molecule has 0 atom stereocenters. The van der Waals surface area contributed by atoms with Crippen molar-refractivity contribution < 1.29 is 28.3 Å². The van der Waals surface area contributed by atoms with Crippen LogP contribution in [0.15, 0.2) is 27.8 Å². The fourth-order valence-corrected chi connectivity index (χ4v) is 2.33. The highest BCUT2D eigenvalue weighted by Crippen LogP contribution is 1.99. The number of nitrogens with zero attached hydrogens (tertiary/aromatic N) is 1. The molecule has 2 rings (SSSR count). The number of hydrogen-bond acceptors (Lipinski definition) is 6. The number of furan rings is 1. The van der Waals surface area contributed by atoms with E-state index < -0.39 is 0 Å². The number of ether oxygens (including phenoxy) is 3. The van der Waals surface area contributed by atoms with Gasteiger partial charge in [-0.1, -0.05) is 0 Å². The first-order valence-electron chi connectivity index (χ1n) is 8.22. The predicted octanol–water partition coefficient (Wildman–Crippen LogP) is -0.666. The normalized spacial score (nSPS) is 16.1. The monoisotopic (exact) mass is 340 g/mol. The third-order valence-corrected chi connectivity index (χ3v) is 3.64. The molecule has 1 aromatic rings. The molecule has 0 radical (unpaired) electrons. The van der Waals surface area contributed by atoms with Gasteiger partial charge in [-0.05, 0) is 12.1 Å². The first kappa shape index (κ1) is 18.4. The fraction of sp³-hybridized carbons (Fsp3) is 0.625. The second kappa shape index (κ2) is 10.8. The van der Waals surface area contributed by atoms with Crippen LogP contribution in [0.1, 0.15) is 17.0 Å². The van der Waals surface area contributed by atoms with Crippen molar-refractivity contribution in [1.82, 2.24) is 5.32 Å². The van der Waals surface area contributed by atoms with Crippen LogP contribution in [0.3, 0.4) is 0 Å². The lowest BCUT2D eigenvalue weighted by atomic mass is 10.3. The molecule has 0 saturated carbocycles. The lowest BCUT2D eigenvalue weighted by molar-refractivity contribution is -0.908. The van der Waals surface area contributed by atoms with Gasteiger partial charge >= 0.3 is 0 Å². The maximum atomic E-state index is 12.0. The van der Waals surface area contributed by atoms with Crippen molar-refractivity contribution in [2.45, 2.75) is 6.42 Å². The molecule has 2 N–H and O–H groups in total. The standard InChI is InChI=1S/C16H25N3O5/c1-21-12-13-24-16(18-15(20)14-4-2-9-23-14)17-5-3-6-19-7-10-22-11-8-19/h2,4,9H,3,5-8,10-13H2,1H3,(H,17,18,20)/p+1. The zero-order chi connectivity index (χ0) is 17.0. The summed E-state index contributed by atoms with van der Waals surface area (Å²) in [6.07, 6.45) is 2.37. The number of aliphatic imine (C=N–C) groups is 1. The molecule has 8 heteroatoms.